The van der Waals surface area contributed by atoms with Gasteiger partial charge < -0.3 is 0 Å². The molecule has 3 heteroatoms. The molecule has 0 aliphatic carbocycles. The SMILES string of the molecule is [CH3][Ge]([CH3])([CH3])[c]1ccc2c(c1)oc1c(-c3ccccn3)cccc12. The first kappa shape index (κ1) is 14.5. The van der Waals surface area contributed by atoms with E-state index in [9.17, 15) is 0 Å². The van der Waals surface area contributed by atoms with Crippen molar-refractivity contribution in [3.8, 4) is 11.3 Å². The molecule has 0 saturated carbocycles. The number of aromatic nitrogens is 1. The molecular weight excluding hydrogens is 343 g/mol. The Morgan fingerprint density at radius 3 is 2.48 bits per heavy atom. The Kier molecular flexibility index (Phi) is 3.31. The van der Waals surface area contributed by atoms with E-state index in [1.807, 2.05) is 24.4 Å². The van der Waals surface area contributed by atoms with Crippen LogP contribution in [0.15, 0.2) is 65.2 Å². The van der Waals surface area contributed by atoms with Crippen LogP contribution in [-0.4, -0.2) is 18.3 Å². The van der Waals surface area contributed by atoms with Crippen molar-refractivity contribution in [2.45, 2.75) is 17.3 Å². The summed E-state index contributed by atoms with van der Waals surface area (Å²) in [5.74, 6) is 7.22. The van der Waals surface area contributed by atoms with Crippen LogP contribution in [0.4, 0.5) is 0 Å². The van der Waals surface area contributed by atoms with Gasteiger partial charge in [0.15, 0.2) is 0 Å². The molecule has 2 aromatic carbocycles. The van der Waals surface area contributed by atoms with Crippen LogP contribution in [0.3, 0.4) is 0 Å². The molecule has 0 saturated heterocycles. The van der Waals surface area contributed by atoms with Gasteiger partial charge in [-0.05, 0) is 0 Å². The van der Waals surface area contributed by atoms with Gasteiger partial charge in [0.1, 0.15) is 0 Å². The zero-order valence-corrected chi connectivity index (χ0v) is 15.7. The van der Waals surface area contributed by atoms with E-state index in [4.69, 9.17) is 4.42 Å². The Hall–Kier alpha value is -2.07. The zero-order chi connectivity index (χ0) is 16.0. The fourth-order valence-electron chi connectivity index (χ4n) is 2.99. The Morgan fingerprint density at radius 1 is 0.870 bits per heavy atom. The number of furan rings is 1. The Bertz CT molecular complexity index is 997. The minimum absolute atomic E-state index is 0.930. The molecule has 23 heavy (non-hydrogen) atoms. The number of rotatable bonds is 2. The van der Waals surface area contributed by atoms with Gasteiger partial charge in [0, 0.05) is 0 Å². The molecule has 0 unspecified atom stereocenters. The summed E-state index contributed by atoms with van der Waals surface area (Å²) < 4.78 is 7.73. The molecule has 0 atom stereocenters. The van der Waals surface area contributed by atoms with Gasteiger partial charge in [-0.3, -0.25) is 0 Å². The third kappa shape index (κ3) is 2.47. The van der Waals surface area contributed by atoms with Gasteiger partial charge in [0.2, 0.25) is 0 Å². The number of fused-ring (bicyclic) bond motifs is 3. The summed E-state index contributed by atoms with van der Waals surface area (Å²) >= 11 is -1.86. The summed E-state index contributed by atoms with van der Waals surface area (Å²) in [5, 5.41) is 2.35. The second kappa shape index (κ2) is 5.24. The standard InChI is InChI=1S/C20H19GeNO/c1-21(2,3)14-10-11-15-16-7-6-8-17(18-9-4-5-12-22-18)20(16)23-19(15)13-14/h4-13H,1-3H3. The van der Waals surface area contributed by atoms with E-state index in [1.165, 1.54) is 9.78 Å². The molecule has 2 nitrogen and oxygen atoms in total. The van der Waals surface area contributed by atoms with E-state index in [-0.39, 0.29) is 0 Å². The van der Waals surface area contributed by atoms with Crippen LogP contribution in [0.2, 0.25) is 17.3 Å². The average Bonchev–Trinajstić information content (AvgIpc) is 2.92. The van der Waals surface area contributed by atoms with Crippen LogP contribution >= 0.6 is 0 Å². The van der Waals surface area contributed by atoms with Crippen LogP contribution in [0.25, 0.3) is 33.2 Å². The Balaban J connectivity index is 2.01. The van der Waals surface area contributed by atoms with Crippen LogP contribution in [-0.2, 0) is 0 Å². The topological polar surface area (TPSA) is 26.0 Å². The number of pyridine rings is 1. The van der Waals surface area contributed by atoms with Crippen LogP contribution in [0, 0.1) is 0 Å². The second-order valence-corrected chi connectivity index (χ2v) is 17.6. The summed E-state index contributed by atoms with van der Waals surface area (Å²) in [5.41, 5.74) is 3.92. The number of hydrogen-bond donors (Lipinski definition) is 0. The van der Waals surface area contributed by atoms with Gasteiger partial charge >= 0.3 is 138 Å². The van der Waals surface area contributed by atoms with Crippen LogP contribution in [0.5, 0.6) is 0 Å². The maximum absolute atomic E-state index is 6.26. The van der Waals surface area contributed by atoms with Gasteiger partial charge in [-0.2, -0.15) is 0 Å². The molecule has 4 rings (SSSR count). The number of para-hydroxylation sites is 1. The third-order valence-corrected chi connectivity index (χ3v) is 8.59. The molecule has 0 aliphatic heterocycles. The van der Waals surface area contributed by atoms with Crippen molar-refractivity contribution in [1.29, 1.82) is 0 Å². The maximum atomic E-state index is 6.26. The molecule has 0 amide bonds. The predicted octanol–water partition coefficient (Wildman–Crippen LogP) is 5.19. The number of nitrogens with zero attached hydrogens (tertiary/aromatic N) is 1. The quantitative estimate of drug-likeness (QED) is 0.459. The van der Waals surface area contributed by atoms with Gasteiger partial charge in [-0.1, -0.05) is 0 Å². The summed E-state index contributed by atoms with van der Waals surface area (Å²) in [6.07, 6.45) is 1.82. The first-order chi connectivity index (χ1) is 11.0. The monoisotopic (exact) mass is 363 g/mol. The molecule has 0 radical (unpaired) electrons. The van der Waals surface area contributed by atoms with Gasteiger partial charge in [0.25, 0.3) is 0 Å². The summed E-state index contributed by atoms with van der Waals surface area (Å²) in [4.78, 5) is 4.48. The third-order valence-electron chi connectivity index (χ3n) is 4.31. The van der Waals surface area contributed by atoms with Gasteiger partial charge in [0.05, 0.1) is 0 Å². The summed E-state index contributed by atoms with van der Waals surface area (Å²) in [7, 11) is 0. The molecule has 0 fully saturated rings. The molecule has 0 N–H and O–H groups in total. The minimum atomic E-state index is -1.86. The van der Waals surface area contributed by atoms with E-state index < -0.39 is 13.3 Å². The van der Waals surface area contributed by atoms with Crippen LogP contribution < -0.4 is 4.40 Å². The first-order valence-electron chi connectivity index (χ1n) is 7.91. The fraction of sp³-hybridized carbons (Fsp3) is 0.150. The normalized spacial score (nSPS) is 12.1. The molecule has 2 heterocycles. The van der Waals surface area contributed by atoms with Crippen molar-refractivity contribution in [3.63, 3.8) is 0 Å². The molecule has 4 aromatic rings. The van der Waals surface area contributed by atoms with E-state index in [2.05, 4.69) is 58.7 Å². The van der Waals surface area contributed by atoms with E-state index in [0.29, 0.717) is 0 Å². The Labute approximate surface area is 138 Å². The van der Waals surface area contributed by atoms with Crippen molar-refractivity contribution in [2.75, 3.05) is 0 Å². The average molecular weight is 362 g/mol. The van der Waals surface area contributed by atoms with Crippen molar-refractivity contribution < 1.29 is 4.42 Å². The van der Waals surface area contributed by atoms with Crippen molar-refractivity contribution in [1.82, 2.24) is 4.98 Å². The molecule has 114 valence electrons. The Morgan fingerprint density at radius 2 is 1.74 bits per heavy atom. The first-order valence-corrected chi connectivity index (χ1v) is 15.3. The number of hydrogen-bond acceptors (Lipinski definition) is 2. The number of benzene rings is 2. The zero-order valence-electron chi connectivity index (χ0n) is 13.6. The molecule has 2 aromatic heterocycles. The second-order valence-electron chi connectivity index (χ2n) is 6.96. The van der Waals surface area contributed by atoms with Crippen molar-refractivity contribution in [3.05, 3.63) is 60.8 Å². The van der Waals surface area contributed by atoms with E-state index in [0.717, 1.165) is 27.8 Å². The van der Waals surface area contributed by atoms with Gasteiger partial charge in [-0.15, -0.1) is 0 Å². The summed E-state index contributed by atoms with van der Waals surface area (Å²) in [6, 6.07) is 19.0. The molecule has 0 aliphatic rings. The van der Waals surface area contributed by atoms with Gasteiger partial charge in [-0.25, -0.2) is 0 Å². The molecular formula is C20H19GeNO. The fourth-order valence-corrected chi connectivity index (χ4v) is 5.40. The van der Waals surface area contributed by atoms with Crippen molar-refractivity contribution >= 4 is 39.6 Å². The van der Waals surface area contributed by atoms with E-state index in [1.54, 1.807) is 0 Å². The van der Waals surface area contributed by atoms with Crippen LogP contribution in [0.1, 0.15) is 0 Å². The predicted molar refractivity (Wildman–Crippen MR) is 99.9 cm³/mol. The molecule has 0 bridgehead atoms. The van der Waals surface area contributed by atoms with Crippen molar-refractivity contribution in [2.24, 2.45) is 0 Å². The molecule has 0 spiro atoms. The summed E-state index contributed by atoms with van der Waals surface area (Å²) in [6.45, 7) is 0. The van der Waals surface area contributed by atoms with E-state index >= 15 is 0 Å².